The first-order valence-electron chi connectivity index (χ1n) is 9.34. The molecule has 0 aromatic carbocycles. The first-order chi connectivity index (χ1) is 13.2. The summed E-state index contributed by atoms with van der Waals surface area (Å²) in [4.78, 5) is 23.3. The van der Waals surface area contributed by atoms with Crippen molar-refractivity contribution in [1.29, 1.82) is 0 Å². The van der Waals surface area contributed by atoms with Crippen molar-refractivity contribution in [2.45, 2.75) is 19.3 Å². The van der Waals surface area contributed by atoms with Gasteiger partial charge in [0.2, 0.25) is 5.95 Å². The van der Waals surface area contributed by atoms with Crippen LogP contribution in [0.4, 0.5) is 11.8 Å². The molecule has 0 saturated carbocycles. The van der Waals surface area contributed by atoms with Crippen LogP contribution in [0.3, 0.4) is 0 Å². The Labute approximate surface area is 156 Å². The molecule has 1 saturated heterocycles. The van der Waals surface area contributed by atoms with Crippen molar-refractivity contribution in [3.63, 3.8) is 0 Å². The molecule has 0 bridgehead atoms. The lowest BCUT2D eigenvalue weighted by molar-refractivity contribution is 0.424. The molecular weight excluding hydrogens is 342 g/mol. The van der Waals surface area contributed by atoms with E-state index in [9.17, 15) is 4.79 Å². The van der Waals surface area contributed by atoms with Crippen molar-refractivity contribution in [2.24, 2.45) is 13.0 Å². The number of aryl methyl sites for hydroxylation is 2. The molecule has 8 heteroatoms. The third-order valence-electron chi connectivity index (χ3n) is 5.52. The van der Waals surface area contributed by atoms with Crippen LogP contribution >= 0.6 is 0 Å². The predicted octanol–water partition coefficient (Wildman–Crippen LogP) is 1.16. The number of nitrogens with zero attached hydrogens (tertiary/aromatic N) is 6. The minimum absolute atomic E-state index is 0.0615. The number of hydrogen-bond acceptors (Lipinski definition) is 7. The Morgan fingerprint density at radius 3 is 3.04 bits per heavy atom. The molecule has 0 amide bonds. The van der Waals surface area contributed by atoms with E-state index in [4.69, 9.17) is 0 Å². The summed E-state index contributed by atoms with van der Waals surface area (Å²) in [5.74, 6) is 2.05. The van der Waals surface area contributed by atoms with Crippen LogP contribution in [0.15, 0.2) is 29.3 Å². The highest BCUT2D eigenvalue weighted by molar-refractivity contribution is 5.77. The van der Waals surface area contributed by atoms with E-state index < -0.39 is 0 Å². The molecule has 1 N–H and O–H groups in total. The van der Waals surface area contributed by atoms with Crippen LogP contribution in [-0.2, 0) is 19.9 Å². The second kappa shape index (κ2) is 6.29. The third kappa shape index (κ3) is 2.81. The molecule has 0 unspecified atom stereocenters. The maximum Gasteiger partial charge on any atom is 0.262 e. The standard InChI is InChI=1S/C19H21N7O/c1-25-18(27)14-5-6-20-9-16(14)22-19(25)21-8-12-10-26(11-12)17-7-13-3-2-4-15(13)23-24-17/h5-7,9,12H,2-4,8,10-11H2,1H3,(H,21,22). The summed E-state index contributed by atoms with van der Waals surface area (Å²) in [7, 11) is 1.74. The number of hydrogen-bond donors (Lipinski definition) is 1. The zero-order chi connectivity index (χ0) is 18.4. The van der Waals surface area contributed by atoms with Crippen molar-refractivity contribution >= 4 is 22.7 Å². The maximum absolute atomic E-state index is 12.4. The van der Waals surface area contributed by atoms with Crippen LogP contribution < -0.4 is 15.8 Å². The van der Waals surface area contributed by atoms with Gasteiger partial charge < -0.3 is 10.2 Å². The van der Waals surface area contributed by atoms with Crippen LogP contribution in [0, 0.1) is 5.92 Å². The van der Waals surface area contributed by atoms with Gasteiger partial charge in [0.05, 0.1) is 22.8 Å². The van der Waals surface area contributed by atoms with Crippen molar-refractivity contribution in [2.75, 3.05) is 29.9 Å². The van der Waals surface area contributed by atoms with E-state index >= 15 is 0 Å². The Hall–Kier alpha value is -3.03. The van der Waals surface area contributed by atoms with Crippen LogP contribution in [0.2, 0.25) is 0 Å². The number of pyridine rings is 1. The molecule has 138 valence electrons. The number of nitrogens with one attached hydrogen (secondary N) is 1. The maximum atomic E-state index is 12.4. The first kappa shape index (κ1) is 16.2. The van der Waals surface area contributed by atoms with E-state index in [1.807, 2.05) is 0 Å². The van der Waals surface area contributed by atoms with Gasteiger partial charge in [0.1, 0.15) is 0 Å². The highest BCUT2D eigenvalue weighted by atomic mass is 16.1. The molecule has 8 nitrogen and oxygen atoms in total. The number of fused-ring (bicyclic) bond motifs is 2. The van der Waals surface area contributed by atoms with Gasteiger partial charge in [-0.25, -0.2) is 4.98 Å². The smallest absolute Gasteiger partial charge is 0.262 e. The topological polar surface area (TPSA) is 88.8 Å². The van der Waals surface area contributed by atoms with E-state index in [1.54, 1.807) is 30.1 Å². The molecule has 5 rings (SSSR count). The number of rotatable bonds is 4. The van der Waals surface area contributed by atoms with Gasteiger partial charge in [-0.1, -0.05) is 0 Å². The van der Waals surface area contributed by atoms with Gasteiger partial charge in [0.25, 0.3) is 5.56 Å². The molecule has 3 aromatic heterocycles. The lowest BCUT2D eigenvalue weighted by Crippen LogP contribution is -2.50. The Morgan fingerprint density at radius 1 is 1.26 bits per heavy atom. The molecule has 1 aliphatic heterocycles. The van der Waals surface area contributed by atoms with E-state index in [0.29, 0.717) is 22.8 Å². The van der Waals surface area contributed by atoms with E-state index in [0.717, 1.165) is 44.0 Å². The van der Waals surface area contributed by atoms with Crippen molar-refractivity contribution in [1.82, 2.24) is 24.7 Å². The van der Waals surface area contributed by atoms with Gasteiger partial charge in [0, 0.05) is 38.8 Å². The van der Waals surface area contributed by atoms with E-state index in [1.165, 1.54) is 12.0 Å². The summed E-state index contributed by atoms with van der Waals surface area (Å²) < 4.78 is 1.56. The normalized spacial score (nSPS) is 16.4. The Kier molecular flexibility index (Phi) is 3.77. The van der Waals surface area contributed by atoms with E-state index in [2.05, 4.69) is 36.4 Å². The quantitative estimate of drug-likeness (QED) is 0.744. The molecule has 27 heavy (non-hydrogen) atoms. The molecule has 2 aliphatic rings. The van der Waals surface area contributed by atoms with Gasteiger partial charge >= 0.3 is 0 Å². The predicted molar refractivity (Wildman–Crippen MR) is 103 cm³/mol. The monoisotopic (exact) mass is 363 g/mol. The lowest BCUT2D eigenvalue weighted by atomic mass is 10.00. The Bertz CT molecular complexity index is 1070. The summed E-state index contributed by atoms with van der Waals surface area (Å²) >= 11 is 0. The molecule has 1 aliphatic carbocycles. The largest absolute Gasteiger partial charge is 0.355 e. The molecule has 0 spiro atoms. The van der Waals surface area contributed by atoms with Gasteiger partial charge in [-0.2, -0.15) is 5.10 Å². The highest BCUT2D eigenvalue weighted by Crippen LogP contribution is 2.27. The fourth-order valence-corrected chi connectivity index (χ4v) is 3.87. The highest BCUT2D eigenvalue weighted by Gasteiger charge is 2.29. The molecule has 0 atom stereocenters. The molecule has 0 radical (unpaired) electrons. The van der Waals surface area contributed by atoms with Crippen LogP contribution in [0.5, 0.6) is 0 Å². The van der Waals surface area contributed by atoms with Crippen LogP contribution in [0.1, 0.15) is 17.7 Å². The van der Waals surface area contributed by atoms with Gasteiger partial charge in [-0.05, 0) is 37.0 Å². The third-order valence-corrected chi connectivity index (χ3v) is 5.52. The van der Waals surface area contributed by atoms with Crippen LogP contribution in [-0.4, -0.2) is 44.4 Å². The molecule has 4 heterocycles. The first-order valence-corrected chi connectivity index (χ1v) is 9.34. The second-order valence-electron chi connectivity index (χ2n) is 7.37. The van der Waals surface area contributed by atoms with E-state index in [-0.39, 0.29) is 5.56 Å². The average molecular weight is 363 g/mol. The summed E-state index contributed by atoms with van der Waals surface area (Å²) in [6.45, 7) is 2.63. The van der Waals surface area contributed by atoms with Crippen molar-refractivity contribution in [3.05, 3.63) is 46.1 Å². The summed E-state index contributed by atoms with van der Waals surface area (Å²) in [6, 6.07) is 3.90. The fourth-order valence-electron chi connectivity index (χ4n) is 3.87. The summed E-state index contributed by atoms with van der Waals surface area (Å²) in [5, 5.41) is 12.7. The van der Waals surface area contributed by atoms with Gasteiger partial charge in [-0.15, -0.1) is 5.10 Å². The molecule has 3 aromatic rings. The molecular formula is C19H21N7O. The zero-order valence-corrected chi connectivity index (χ0v) is 15.2. The number of anilines is 2. The SMILES string of the molecule is Cn1c(NCC2CN(c3cc4c(nn3)CCC4)C2)nc2cnccc2c1=O. The summed E-state index contributed by atoms with van der Waals surface area (Å²) in [6.07, 6.45) is 6.60. The second-order valence-corrected chi connectivity index (χ2v) is 7.37. The Morgan fingerprint density at radius 2 is 2.15 bits per heavy atom. The lowest BCUT2D eigenvalue weighted by Gasteiger charge is -2.40. The summed E-state index contributed by atoms with van der Waals surface area (Å²) in [5.41, 5.74) is 3.07. The fraction of sp³-hybridized carbons (Fsp3) is 0.421. The van der Waals surface area contributed by atoms with Crippen molar-refractivity contribution in [3.8, 4) is 0 Å². The average Bonchev–Trinajstić information content (AvgIpc) is 3.12. The Balaban J connectivity index is 1.24. The molecule has 1 fully saturated rings. The van der Waals surface area contributed by atoms with Crippen molar-refractivity contribution < 1.29 is 0 Å². The van der Waals surface area contributed by atoms with Gasteiger partial charge in [-0.3, -0.25) is 14.3 Å². The van der Waals surface area contributed by atoms with Crippen LogP contribution in [0.25, 0.3) is 10.9 Å². The minimum Gasteiger partial charge on any atom is -0.355 e. The van der Waals surface area contributed by atoms with Gasteiger partial charge in [0.15, 0.2) is 5.82 Å². The zero-order valence-electron chi connectivity index (χ0n) is 15.2. The number of aromatic nitrogens is 5. The minimum atomic E-state index is -0.0615.